The van der Waals surface area contributed by atoms with Gasteiger partial charge in [-0.05, 0) is 35.4 Å². The van der Waals surface area contributed by atoms with Crippen molar-refractivity contribution in [1.82, 2.24) is 14.9 Å². The molecule has 134 valence electrons. The second-order valence-electron chi connectivity index (χ2n) is 6.02. The molecule has 0 aliphatic heterocycles. The number of aromatic nitrogens is 3. The fraction of sp³-hybridized carbons (Fsp3) is 0.211. The summed E-state index contributed by atoms with van der Waals surface area (Å²) in [5.41, 5.74) is 2.16. The zero-order valence-electron chi connectivity index (χ0n) is 14.4. The molecule has 0 N–H and O–H groups in total. The molecule has 1 aromatic heterocycles. The zero-order chi connectivity index (χ0) is 18.5. The summed E-state index contributed by atoms with van der Waals surface area (Å²) >= 11 is 11.1. The third-order valence-corrected chi connectivity index (χ3v) is 5.36. The first-order valence-corrected chi connectivity index (χ1v) is 10.3. The molecule has 0 unspecified atom stereocenters. The summed E-state index contributed by atoms with van der Waals surface area (Å²) in [6.07, 6.45) is 1.78. The van der Waals surface area contributed by atoms with Gasteiger partial charge in [0.25, 0.3) is 0 Å². The van der Waals surface area contributed by atoms with Gasteiger partial charge in [-0.2, -0.15) is 9.78 Å². The number of nitrogens with zero attached hydrogens (tertiary/aromatic N) is 4. The van der Waals surface area contributed by atoms with Crippen molar-refractivity contribution in [3.63, 3.8) is 0 Å². The first kappa shape index (κ1) is 19.1. The van der Waals surface area contributed by atoms with Crippen molar-refractivity contribution in [2.24, 2.45) is 5.10 Å². The molecule has 0 saturated heterocycles. The van der Waals surface area contributed by atoms with Crippen LogP contribution in [-0.4, -0.2) is 21.1 Å². The van der Waals surface area contributed by atoms with Crippen molar-refractivity contribution >= 4 is 45.5 Å². The fourth-order valence-corrected chi connectivity index (χ4v) is 3.59. The summed E-state index contributed by atoms with van der Waals surface area (Å²) < 4.78 is 2.89. The van der Waals surface area contributed by atoms with Crippen LogP contribution in [0.1, 0.15) is 36.7 Å². The van der Waals surface area contributed by atoms with Crippen molar-refractivity contribution in [3.05, 3.63) is 75.0 Å². The van der Waals surface area contributed by atoms with E-state index in [-0.39, 0.29) is 5.92 Å². The van der Waals surface area contributed by atoms with Gasteiger partial charge < -0.3 is 0 Å². The van der Waals surface area contributed by atoms with Crippen LogP contribution in [0.4, 0.5) is 0 Å². The van der Waals surface area contributed by atoms with Gasteiger partial charge >= 0.3 is 0 Å². The molecule has 4 nitrogen and oxygen atoms in total. The summed E-state index contributed by atoms with van der Waals surface area (Å²) in [5.74, 6) is 1.86. The first-order chi connectivity index (χ1) is 12.5. The molecule has 0 atom stereocenters. The first-order valence-electron chi connectivity index (χ1n) is 8.15. The van der Waals surface area contributed by atoms with Crippen LogP contribution in [0.3, 0.4) is 0 Å². The highest BCUT2D eigenvalue weighted by Crippen LogP contribution is 2.25. The predicted octanol–water partition coefficient (Wildman–Crippen LogP) is 5.99. The lowest BCUT2D eigenvalue weighted by Crippen LogP contribution is -2.02. The van der Waals surface area contributed by atoms with Crippen molar-refractivity contribution < 1.29 is 0 Å². The Morgan fingerprint density at radius 1 is 1.19 bits per heavy atom. The molecule has 0 saturated carbocycles. The quantitative estimate of drug-likeness (QED) is 0.343. The number of hydrogen-bond donors (Lipinski definition) is 0. The Morgan fingerprint density at radius 3 is 2.65 bits per heavy atom. The van der Waals surface area contributed by atoms with Gasteiger partial charge in [0.05, 0.1) is 6.21 Å². The molecule has 0 spiro atoms. The highest BCUT2D eigenvalue weighted by Gasteiger charge is 2.15. The second kappa shape index (κ2) is 8.84. The number of thioether (sulfide) groups is 1. The molecule has 0 fully saturated rings. The summed E-state index contributed by atoms with van der Waals surface area (Å²) in [5, 5.41) is 14.7. The molecule has 0 aliphatic carbocycles. The van der Waals surface area contributed by atoms with Crippen LogP contribution >= 0.6 is 39.3 Å². The van der Waals surface area contributed by atoms with Gasteiger partial charge in [0.2, 0.25) is 5.16 Å². The van der Waals surface area contributed by atoms with Crippen molar-refractivity contribution in [2.45, 2.75) is 30.7 Å². The van der Waals surface area contributed by atoms with E-state index < -0.39 is 0 Å². The highest BCUT2D eigenvalue weighted by atomic mass is 79.9. The maximum Gasteiger partial charge on any atom is 0.212 e. The van der Waals surface area contributed by atoms with Gasteiger partial charge in [-0.25, -0.2) is 0 Å². The predicted molar refractivity (Wildman–Crippen MR) is 112 cm³/mol. The number of rotatable bonds is 6. The smallest absolute Gasteiger partial charge is 0.191 e. The SMILES string of the molecule is CC(C)c1nnc(SCc2ccc(Br)cc2)n1/N=C/c1cccc(Cl)c1. The molecule has 0 bridgehead atoms. The molecule has 0 aliphatic rings. The largest absolute Gasteiger partial charge is 0.212 e. The molecule has 0 radical (unpaired) electrons. The van der Waals surface area contributed by atoms with E-state index in [1.807, 2.05) is 41.1 Å². The van der Waals surface area contributed by atoms with Crippen molar-refractivity contribution in [3.8, 4) is 0 Å². The van der Waals surface area contributed by atoms with Crippen LogP contribution in [-0.2, 0) is 5.75 Å². The van der Waals surface area contributed by atoms with E-state index in [9.17, 15) is 0 Å². The average Bonchev–Trinajstić information content (AvgIpc) is 3.03. The Hall–Kier alpha value is -1.63. The molecular formula is C19H18BrClN4S. The number of benzene rings is 2. The average molecular weight is 450 g/mol. The standard InChI is InChI=1S/C19H18BrClN4S/c1-13(2)18-23-24-19(26-12-14-6-8-16(20)9-7-14)25(18)22-11-15-4-3-5-17(21)10-15/h3-11,13H,12H2,1-2H3/b22-11+. The van der Waals surface area contributed by atoms with Crippen LogP contribution in [0, 0.1) is 0 Å². The molecule has 26 heavy (non-hydrogen) atoms. The number of halogens is 2. The summed E-state index contributed by atoms with van der Waals surface area (Å²) in [6.45, 7) is 4.16. The molecule has 7 heteroatoms. The lowest BCUT2D eigenvalue weighted by molar-refractivity contribution is 0.667. The Labute approximate surface area is 170 Å². The van der Waals surface area contributed by atoms with Crippen LogP contribution in [0.25, 0.3) is 0 Å². The molecule has 3 rings (SSSR count). The normalized spacial score (nSPS) is 11.6. The summed E-state index contributed by atoms with van der Waals surface area (Å²) in [4.78, 5) is 0. The van der Waals surface area contributed by atoms with Crippen molar-refractivity contribution in [1.29, 1.82) is 0 Å². The highest BCUT2D eigenvalue weighted by molar-refractivity contribution is 9.10. The third kappa shape index (κ3) is 4.96. The van der Waals surface area contributed by atoms with E-state index >= 15 is 0 Å². The third-order valence-electron chi connectivity index (χ3n) is 3.60. The minimum atomic E-state index is 0.223. The van der Waals surface area contributed by atoms with Crippen LogP contribution in [0.2, 0.25) is 5.02 Å². The van der Waals surface area contributed by atoms with Gasteiger partial charge in [-0.3, -0.25) is 0 Å². The Balaban J connectivity index is 1.83. The maximum atomic E-state index is 6.05. The lowest BCUT2D eigenvalue weighted by Gasteiger charge is -2.06. The van der Waals surface area contributed by atoms with E-state index in [0.29, 0.717) is 5.02 Å². The van der Waals surface area contributed by atoms with Gasteiger partial charge in [-0.1, -0.05) is 77.4 Å². The molecule has 0 amide bonds. The zero-order valence-corrected chi connectivity index (χ0v) is 17.6. The minimum Gasteiger partial charge on any atom is -0.191 e. The van der Waals surface area contributed by atoms with E-state index in [1.54, 1.807) is 18.0 Å². The monoisotopic (exact) mass is 448 g/mol. The van der Waals surface area contributed by atoms with Crippen LogP contribution in [0.5, 0.6) is 0 Å². The van der Waals surface area contributed by atoms with Crippen LogP contribution in [0.15, 0.2) is 63.3 Å². The lowest BCUT2D eigenvalue weighted by atomic mass is 10.2. The van der Waals surface area contributed by atoms with Gasteiger partial charge in [0, 0.05) is 21.2 Å². The Morgan fingerprint density at radius 2 is 1.96 bits per heavy atom. The fourth-order valence-electron chi connectivity index (χ4n) is 2.28. The van der Waals surface area contributed by atoms with Crippen LogP contribution < -0.4 is 0 Å². The van der Waals surface area contributed by atoms with Gasteiger partial charge in [0.1, 0.15) is 0 Å². The second-order valence-corrected chi connectivity index (χ2v) is 8.32. The van der Waals surface area contributed by atoms with E-state index in [2.05, 4.69) is 57.2 Å². The van der Waals surface area contributed by atoms with Gasteiger partial charge in [-0.15, -0.1) is 10.2 Å². The number of hydrogen-bond acceptors (Lipinski definition) is 4. The Kier molecular flexibility index (Phi) is 6.51. The van der Waals surface area contributed by atoms with Crippen molar-refractivity contribution in [2.75, 3.05) is 0 Å². The minimum absolute atomic E-state index is 0.223. The molecular weight excluding hydrogens is 432 g/mol. The topological polar surface area (TPSA) is 43.1 Å². The Bertz CT molecular complexity index is 906. The van der Waals surface area contributed by atoms with E-state index in [4.69, 9.17) is 11.6 Å². The summed E-state index contributed by atoms with van der Waals surface area (Å²) in [7, 11) is 0. The van der Waals surface area contributed by atoms with E-state index in [0.717, 1.165) is 26.8 Å². The van der Waals surface area contributed by atoms with Gasteiger partial charge in [0.15, 0.2) is 5.82 Å². The molecule has 3 aromatic rings. The maximum absolute atomic E-state index is 6.05. The summed E-state index contributed by atoms with van der Waals surface area (Å²) in [6, 6.07) is 15.9. The molecule has 2 aromatic carbocycles. The van der Waals surface area contributed by atoms with E-state index in [1.165, 1.54) is 5.56 Å². The molecule has 1 heterocycles.